The zero-order valence-electron chi connectivity index (χ0n) is 16.8. The van der Waals surface area contributed by atoms with Crippen LogP contribution < -0.4 is 0 Å². The van der Waals surface area contributed by atoms with Crippen molar-refractivity contribution in [1.82, 2.24) is 0 Å². The van der Waals surface area contributed by atoms with Crippen LogP contribution in [0.25, 0.3) is 6.08 Å². The van der Waals surface area contributed by atoms with Gasteiger partial charge in [-0.3, -0.25) is 4.79 Å². The zero-order chi connectivity index (χ0) is 19.8. The summed E-state index contributed by atoms with van der Waals surface area (Å²) in [5.74, 6) is 0.0715. The fourth-order valence-electron chi connectivity index (χ4n) is 3.47. The number of allylic oxidation sites excluding steroid dienone is 1. The lowest BCUT2D eigenvalue weighted by molar-refractivity contribution is 0.103. The van der Waals surface area contributed by atoms with Crippen molar-refractivity contribution in [3.8, 4) is 0 Å². The number of carbonyl (C=O) groups excluding carboxylic acids is 1. The van der Waals surface area contributed by atoms with Crippen molar-refractivity contribution in [3.05, 3.63) is 113 Å². The number of ketones is 1. The van der Waals surface area contributed by atoms with Gasteiger partial charge in [0.1, 0.15) is 0 Å². The van der Waals surface area contributed by atoms with Crippen LogP contribution in [-0.2, 0) is 5.41 Å². The minimum absolute atomic E-state index is 0.0554. The van der Waals surface area contributed by atoms with Crippen molar-refractivity contribution < 1.29 is 4.79 Å². The number of unbranched alkanes of at least 4 members (excludes halogenated alkanes) is 1. The van der Waals surface area contributed by atoms with Gasteiger partial charge in [0.25, 0.3) is 0 Å². The molecule has 0 aliphatic heterocycles. The predicted molar refractivity (Wildman–Crippen MR) is 119 cm³/mol. The average Bonchev–Trinajstić information content (AvgIpc) is 2.77. The summed E-state index contributed by atoms with van der Waals surface area (Å²) >= 11 is 0. The second kappa shape index (κ2) is 9.32. The van der Waals surface area contributed by atoms with Crippen LogP contribution in [0.15, 0.2) is 91.0 Å². The van der Waals surface area contributed by atoms with Crippen molar-refractivity contribution in [3.63, 3.8) is 0 Å². The molecular weight excluding hydrogens is 340 g/mol. The van der Waals surface area contributed by atoms with Crippen LogP contribution in [0.3, 0.4) is 0 Å². The van der Waals surface area contributed by atoms with Crippen molar-refractivity contribution in [2.45, 2.75) is 38.5 Å². The highest BCUT2D eigenvalue weighted by Gasteiger charge is 2.23. The van der Waals surface area contributed by atoms with Crippen LogP contribution in [0, 0.1) is 0 Å². The lowest BCUT2D eigenvalue weighted by Gasteiger charge is -2.27. The molecule has 0 radical (unpaired) electrons. The SMILES string of the molecule is CCCC[C@@](C)(/C=C/c1ccccc1)c1ccc(C(=O)c2ccccc2)cc1. The molecule has 0 unspecified atom stereocenters. The van der Waals surface area contributed by atoms with Crippen LogP contribution in [-0.4, -0.2) is 5.78 Å². The van der Waals surface area contributed by atoms with Gasteiger partial charge < -0.3 is 0 Å². The number of hydrogen-bond donors (Lipinski definition) is 0. The molecule has 0 aromatic heterocycles. The van der Waals surface area contributed by atoms with Crippen LogP contribution >= 0.6 is 0 Å². The minimum Gasteiger partial charge on any atom is -0.289 e. The standard InChI is InChI=1S/C27H28O/c1-3-4-20-27(2,21-19-22-11-7-5-8-12-22)25-17-15-24(16-18-25)26(28)23-13-9-6-10-14-23/h5-19,21H,3-4,20H2,1-2H3/b21-19+/t27-/m0/s1. The number of rotatable bonds is 8. The van der Waals surface area contributed by atoms with Gasteiger partial charge in [-0.2, -0.15) is 0 Å². The molecule has 3 aromatic rings. The molecule has 0 heterocycles. The van der Waals surface area contributed by atoms with Crippen molar-refractivity contribution in [2.75, 3.05) is 0 Å². The molecule has 0 spiro atoms. The number of hydrogen-bond acceptors (Lipinski definition) is 1. The molecule has 0 aliphatic carbocycles. The normalized spacial score (nSPS) is 13.4. The average molecular weight is 369 g/mol. The summed E-state index contributed by atoms with van der Waals surface area (Å²) in [5, 5.41) is 0. The molecule has 0 N–H and O–H groups in total. The quantitative estimate of drug-likeness (QED) is 0.388. The molecule has 0 bridgehead atoms. The molecule has 0 saturated carbocycles. The lowest BCUT2D eigenvalue weighted by Crippen LogP contribution is -2.19. The monoisotopic (exact) mass is 368 g/mol. The molecule has 0 aliphatic rings. The molecular formula is C27H28O. The Balaban J connectivity index is 1.86. The molecule has 0 amide bonds. The van der Waals surface area contributed by atoms with Crippen molar-refractivity contribution >= 4 is 11.9 Å². The topological polar surface area (TPSA) is 17.1 Å². The van der Waals surface area contributed by atoms with Gasteiger partial charge in [-0.1, -0.05) is 124 Å². The maximum atomic E-state index is 12.7. The molecule has 0 fully saturated rings. The second-order valence-electron chi connectivity index (χ2n) is 7.54. The highest BCUT2D eigenvalue weighted by Crippen LogP contribution is 2.32. The highest BCUT2D eigenvalue weighted by atomic mass is 16.1. The third kappa shape index (κ3) is 4.86. The van der Waals surface area contributed by atoms with Gasteiger partial charge >= 0.3 is 0 Å². The van der Waals surface area contributed by atoms with Gasteiger partial charge in [0.05, 0.1) is 0 Å². The maximum absolute atomic E-state index is 12.7. The summed E-state index contributed by atoms with van der Waals surface area (Å²) in [6.45, 7) is 4.51. The Bertz CT molecular complexity index is 907. The van der Waals surface area contributed by atoms with Crippen molar-refractivity contribution in [1.29, 1.82) is 0 Å². The maximum Gasteiger partial charge on any atom is 0.193 e. The molecule has 3 aromatic carbocycles. The fraction of sp³-hybridized carbons (Fsp3) is 0.222. The first kappa shape index (κ1) is 19.8. The molecule has 1 nitrogen and oxygen atoms in total. The number of benzene rings is 3. The first-order valence-electron chi connectivity index (χ1n) is 10.1. The first-order chi connectivity index (χ1) is 13.6. The third-order valence-corrected chi connectivity index (χ3v) is 5.34. The van der Waals surface area contributed by atoms with Gasteiger partial charge in [-0.15, -0.1) is 0 Å². The van der Waals surface area contributed by atoms with Crippen LogP contribution in [0.1, 0.15) is 60.2 Å². The second-order valence-corrected chi connectivity index (χ2v) is 7.54. The largest absolute Gasteiger partial charge is 0.289 e. The van der Waals surface area contributed by atoms with E-state index in [1.165, 1.54) is 24.0 Å². The summed E-state index contributed by atoms with van der Waals surface area (Å²) in [7, 11) is 0. The Morgan fingerprint density at radius 3 is 2.00 bits per heavy atom. The summed E-state index contributed by atoms with van der Waals surface area (Å²) in [5.41, 5.74) is 3.87. The Labute approximate surface area is 168 Å². The highest BCUT2D eigenvalue weighted by molar-refractivity contribution is 6.08. The van der Waals surface area contributed by atoms with Gasteiger partial charge in [0, 0.05) is 16.5 Å². The van der Waals surface area contributed by atoms with E-state index in [0.717, 1.165) is 17.5 Å². The number of carbonyl (C=O) groups is 1. The van der Waals surface area contributed by atoms with Gasteiger partial charge in [0.2, 0.25) is 0 Å². The molecule has 1 atom stereocenters. The predicted octanol–water partition coefficient (Wildman–Crippen LogP) is 7.08. The van der Waals surface area contributed by atoms with E-state index in [0.29, 0.717) is 0 Å². The van der Waals surface area contributed by atoms with E-state index in [1.807, 2.05) is 48.5 Å². The molecule has 1 heteroatoms. The van der Waals surface area contributed by atoms with E-state index in [1.54, 1.807) is 0 Å². The smallest absolute Gasteiger partial charge is 0.193 e. The third-order valence-electron chi connectivity index (χ3n) is 5.34. The Hall–Kier alpha value is -2.93. The van der Waals surface area contributed by atoms with E-state index in [4.69, 9.17) is 0 Å². The molecule has 0 saturated heterocycles. The Morgan fingerprint density at radius 2 is 1.39 bits per heavy atom. The van der Waals surface area contributed by atoms with Crippen LogP contribution in [0.4, 0.5) is 0 Å². The summed E-state index contributed by atoms with van der Waals surface area (Å²) in [4.78, 5) is 12.7. The van der Waals surface area contributed by atoms with E-state index in [2.05, 4.69) is 62.4 Å². The molecule has 3 rings (SSSR count). The molecule has 142 valence electrons. The van der Waals surface area contributed by atoms with Crippen molar-refractivity contribution in [2.24, 2.45) is 0 Å². The first-order valence-corrected chi connectivity index (χ1v) is 10.1. The molecule has 28 heavy (non-hydrogen) atoms. The van der Waals surface area contributed by atoms with Crippen LogP contribution in [0.2, 0.25) is 0 Å². The van der Waals surface area contributed by atoms with E-state index in [9.17, 15) is 4.79 Å². The van der Waals surface area contributed by atoms with Gasteiger partial charge in [-0.25, -0.2) is 0 Å². The zero-order valence-corrected chi connectivity index (χ0v) is 16.8. The van der Waals surface area contributed by atoms with E-state index < -0.39 is 0 Å². The van der Waals surface area contributed by atoms with E-state index in [-0.39, 0.29) is 11.2 Å². The summed E-state index contributed by atoms with van der Waals surface area (Å²) < 4.78 is 0. The van der Waals surface area contributed by atoms with Crippen LogP contribution in [0.5, 0.6) is 0 Å². The minimum atomic E-state index is -0.0554. The lowest BCUT2D eigenvalue weighted by atomic mass is 9.77. The summed E-state index contributed by atoms with van der Waals surface area (Å²) in [6, 6.07) is 28.0. The van der Waals surface area contributed by atoms with E-state index >= 15 is 0 Å². The fourth-order valence-corrected chi connectivity index (χ4v) is 3.47. The Kier molecular flexibility index (Phi) is 6.60. The van der Waals surface area contributed by atoms with Gasteiger partial charge in [-0.05, 0) is 17.5 Å². The Morgan fingerprint density at radius 1 is 0.821 bits per heavy atom. The van der Waals surface area contributed by atoms with Gasteiger partial charge in [0.15, 0.2) is 5.78 Å². The summed E-state index contributed by atoms with van der Waals surface area (Å²) in [6.07, 6.45) is 7.93.